The molecule has 26 heavy (non-hydrogen) atoms. The number of aromatic nitrogens is 4. The second kappa shape index (κ2) is 6.26. The van der Waals surface area contributed by atoms with Gasteiger partial charge in [0.05, 0.1) is 17.2 Å². The van der Waals surface area contributed by atoms with E-state index in [1.165, 1.54) is 18.5 Å². The zero-order chi connectivity index (χ0) is 17.3. The van der Waals surface area contributed by atoms with Gasteiger partial charge in [-0.1, -0.05) is 6.07 Å². The fraction of sp³-hybridized carbons (Fsp3) is 0.190. The van der Waals surface area contributed by atoms with Crippen molar-refractivity contribution >= 4 is 16.7 Å². The maximum atomic E-state index is 4.86. The highest BCUT2D eigenvalue weighted by molar-refractivity contribution is 5.82. The van der Waals surface area contributed by atoms with E-state index in [2.05, 4.69) is 43.7 Å². The minimum absolute atomic E-state index is 0.849. The van der Waals surface area contributed by atoms with Crippen LogP contribution in [0.15, 0.2) is 67.1 Å². The summed E-state index contributed by atoms with van der Waals surface area (Å²) in [5.41, 5.74) is 4.25. The molecule has 0 spiro atoms. The van der Waals surface area contributed by atoms with Crippen LogP contribution in [0, 0.1) is 0 Å². The van der Waals surface area contributed by atoms with E-state index in [1.54, 1.807) is 12.4 Å². The fourth-order valence-electron chi connectivity index (χ4n) is 3.63. The van der Waals surface area contributed by atoms with Crippen LogP contribution in [0.25, 0.3) is 28.2 Å². The predicted octanol–water partition coefficient (Wildman–Crippen LogP) is 4.08. The highest BCUT2D eigenvalue weighted by Gasteiger charge is 2.16. The number of pyridine rings is 2. The summed E-state index contributed by atoms with van der Waals surface area (Å²) in [6, 6.07) is 16.6. The maximum absolute atomic E-state index is 4.86. The van der Waals surface area contributed by atoms with Crippen molar-refractivity contribution in [1.29, 1.82) is 0 Å². The van der Waals surface area contributed by atoms with Gasteiger partial charge in [0.2, 0.25) is 0 Å². The third-order valence-electron chi connectivity index (χ3n) is 4.93. The Morgan fingerprint density at radius 1 is 0.846 bits per heavy atom. The Hall–Kier alpha value is -3.21. The molecule has 0 amide bonds. The fourth-order valence-corrected chi connectivity index (χ4v) is 3.63. The monoisotopic (exact) mass is 341 g/mol. The average molecular weight is 341 g/mol. The number of imidazole rings is 1. The van der Waals surface area contributed by atoms with Crippen molar-refractivity contribution in [2.45, 2.75) is 12.8 Å². The third kappa shape index (κ3) is 2.52. The van der Waals surface area contributed by atoms with Gasteiger partial charge < -0.3 is 4.90 Å². The molecule has 5 rings (SSSR count). The highest BCUT2D eigenvalue weighted by Crippen LogP contribution is 2.29. The van der Waals surface area contributed by atoms with E-state index in [-0.39, 0.29) is 0 Å². The van der Waals surface area contributed by atoms with E-state index >= 15 is 0 Å². The minimum atomic E-state index is 0.849. The summed E-state index contributed by atoms with van der Waals surface area (Å²) in [5.74, 6) is 1.74. The molecule has 0 aliphatic carbocycles. The van der Waals surface area contributed by atoms with Crippen LogP contribution in [0.5, 0.6) is 0 Å². The summed E-state index contributed by atoms with van der Waals surface area (Å²) in [6.07, 6.45) is 7.99. The van der Waals surface area contributed by atoms with Crippen molar-refractivity contribution in [2.24, 2.45) is 0 Å². The van der Waals surface area contributed by atoms with Crippen molar-refractivity contribution in [3.05, 3.63) is 67.1 Å². The van der Waals surface area contributed by atoms with Crippen molar-refractivity contribution in [3.8, 4) is 17.2 Å². The number of anilines is 1. The lowest BCUT2D eigenvalue weighted by Gasteiger charge is -2.17. The van der Waals surface area contributed by atoms with Crippen LogP contribution in [-0.4, -0.2) is 32.6 Å². The summed E-state index contributed by atoms with van der Waals surface area (Å²) in [4.78, 5) is 16.1. The van der Waals surface area contributed by atoms with Crippen LogP contribution < -0.4 is 4.90 Å². The summed E-state index contributed by atoms with van der Waals surface area (Å²) >= 11 is 0. The largest absolute Gasteiger partial charge is 0.372 e. The molecular weight excluding hydrogens is 322 g/mol. The average Bonchev–Trinajstić information content (AvgIpc) is 3.37. The Labute approximate surface area is 152 Å². The number of hydrogen-bond acceptors (Lipinski definition) is 4. The molecule has 1 aliphatic rings. The van der Waals surface area contributed by atoms with Gasteiger partial charge in [-0.2, -0.15) is 0 Å². The topological polar surface area (TPSA) is 46.8 Å². The second-order valence-electron chi connectivity index (χ2n) is 6.56. The molecule has 0 saturated carbocycles. The first kappa shape index (κ1) is 15.1. The number of benzene rings is 1. The molecule has 0 N–H and O–H groups in total. The van der Waals surface area contributed by atoms with Crippen molar-refractivity contribution in [2.75, 3.05) is 18.0 Å². The van der Waals surface area contributed by atoms with Crippen LogP contribution in [0.1, 0.15) is 12.8 Å². The van der Waals surface area contributed by atoms with E-state index in [0.717, 1.165) is 41.3 Å². The quantitative estimate of drug-likeness (QED) is 0.563. The predicted molar refractivity (Wildman–Crippen MR) is 104 cm³/mol. The second-order valence-corrected chi connectivity index (χ2v) is 6.56. The Kier molecular flexibility index (Phi) is 3.63. The van der Waals surface area contributed by atoms with Gasteiger partial charge in [0, 0.05) is 36.7 Å². The normalized spacial score (nSPS) is 14.2. The van der Waals surface area contributed by atoms with Gasteiger partial charge in [-0.05, 0) is 55.3 Å². The summed E-state index contributed by atoms with van der Waals surface area (Å²) < 4.78 is 2.08. The molecule has 0 atom stereocenters. The first-order valence-electron chi connectivity index (χ1n) is 8.99. The highest BCUT2D eigenvalue weighted by atomic mass is 15.1. The Balaban J connectivity index is 1.64. The Bertz CT molecular complexity index is 1030. The lowest BCUT2D eigenvalue weighted by Crippen LogP contribution is -2.17. The van der Waals surface area contributed by atoms with Crippen LogP contribution in [0.4, 0.5) is 5.69 Å². The molecule has 0 bridgehead atoms. The van der Waals surface area contributed by atoms with Crippen LogP contribution >= 0.6 is 0 Å². The van der Waals surface area contributed by atoms with Crippen LogP contribution in [0.2, 0.25) is 0 Å². The first-order chi connectivity index (χ1) is 12.9. The molecule has 128 valence electrons. The molecule has 1 fully saturated rings. The molecule has 1 aromatic carbocycles. The van der Waals surface area contributed by atoms with Crippen molar-refractivity contribution in [1.82, 2.24) is 19.5 Å². The molecule has 3 aromatic heterocycles. The number of nitrogens with zero attached hydrogens (tertiary/aromatic N) is 5. The first-order valence-corrected chi connectivity index (χ1v) is 8.99. The third-order valence-corrected chi connectivity index (χ3v) is 4.93. The summed E-state index contributed by atoms with van der Waals surface area (Å²) in [6.45, 7) is 2.30. The van der Waals surface area contributed by atoms with Gasteiger partial charge in [-0.25, -0.2) is 9.97 Å². The Morgan fingerprint density at radius 3 is 2.46 bits per heavy atom. The van der Waals surface area contributed by atoms with E-state index < -0.39 is 0 Å². The molecule has 1 aliphatic heterocycles. The van der Waals surface area contributed by atoms with Gasteiger partial charge >= 0.3 is 0 Å². The smallest absolute Gasteiger partial charge is 0.146 e. The lowest BCUT2D eigenvalue weighted by atomic mass is 10.2. The molecule has 4 heterocycles. The van der Waals surface area contributed by atoms with Gasteiger partial charge in [0.1, 0.15) is 11.6 Å². The maximum Gasteiger partial charge on any atom is 0.146 e. The molecule has 1 saturated heterocycles. The van der Waals surface area contributed by atoms with Crippen LogP contribution in [-0.2, 0) is 0 Å². The molecule has 0 radical (unpaired) electrons. The molecule has 5 heteroatoms. The zero-order valence-electron chi connectivity index (χ0n) is 14.4. The van der Waals surface area contributed by atoms with Crippen molar-refractivity contribution < 1.29 is 0 Å². The van der Waals surface area contributed by atoms with E-state index in [4.69, 9.17) is 4.98 Å². The van der Waals surface area contributed by atoms with Crippen molar-refractivity contribution in [3.63, 3.8) is 0 Å². The molecule has 0 unspecified atom stereocenters. The van der Waals surface area contributed by atoms with Gasteiger partial charge in [0.15, 0.2) is 0 Å². The van der Waals surface area contributed by atoms with Gasteiger partial charge in [0.25, 0.3) is 0 Å². The summed E-state index contributed by atoms with van der Waals surface area (Å²) in [5, 5.41) is 0. The summed E-state index contributed by atoms with van der Waals surface area (Å²) in [7, 11) is 0. The lowest BCUT2D eigenvalue weighted by molar-refractivity contribution is 0.949. The van der Waals surface area contributed by atoms with E-state index in [1.807, 2.05) is 30.5 Å². The molecule has 5 nitrogen and oxygen atoms in total. The number of rotatable bonds is 3. The van der Waals surface area contributed by atoms with Gasteiger partial charge in [-0.3, -0.25) is 9.55 Å². The number of fused-ring (bicyclic) bond motifs is 1. The molecular formula is C21H19N5. The standard InChI is InChI=1S/C21H19N5/c1-2-11-23-20(5-1)26-19-15-22-12-10-18(19)24-21(26)16-6-8-17(9-7-16)25-13-3-4-14-25/h1-2,5-12,15H,3-4,13-14H2. The minimum Gasteiger partial charge on any atom is -0.372 e. The SMILES string of the molecule is c1ccc(-n2c(-c3ccc(N4CCCC4)cc3)nc3ccncc32)nc1. The van der Waals surface area contributed by atoms with E-state index in [0.29, 0.717) is 0 Å². The number of hydrogen-bond donors (Lipinski definition) is 0. The zero-order valence-corrected chi connectivity index (χ0v) is 14.4. The molecule has 4 aromatic rings. The van der Waals surface area contributed by atoms with Crippen LogP contribution in [0.3, 0.4) is 0 Å². The van der Waals surface area contributed by atoms with E-state index in [9.17, 15) is 0 Å². The Morgan fingerprint density at radius 2 is 1.69 bits per heavy atom. The van der Waals surface area contributed by atoms with Gasteiger partial charge in [-0.15, -0.1) is 0 Å².